The molecule has 88 valence electrons. The number of rotatable bonds is 3. The number of carbonyl (C=O) groups is 1. The smallest absolute Gasteiger partial charge is 0.418 e. The first kappa shape index (κ1) is 12.4. The third-order valence-electron chi connectivity index (χ3n) is 1.97. The average Bonchev–Trinajstić information content (AvgIpc) is 2.16. The summed E-state index contributed by atoms with van der Waals surface area (Å²) < 4.78 is 37.5. The Hall–Kier alpha value is -1.72. The summed E-state index contributed by atoms with van der Waals surface area (Å²) in [6.45, 7) is 1.27. The minimum absolute atomic E-state index is 0.232. The van der Waals surface area contributed by atoms with Gasteiger partial charge in [-0.05, 0) is 19.1 Å². The quantitative estimate of drug-likeness (QED) is 0.843. The van der Waals surface area contributed by atoms with Crippen LogP contribution in [0.1, 0.15) is 12.5 Å². The van der Waals surface area contributed by atoms with Gasteiger partial charge in [-0.25, -0.2) is 0 Å². The van der Waals surface area contributed by atoms with Gasteiger partial charge in [0.25, 0.3) is 0 Å². The van der Waals surface area contributed by atoms with E-state index in [9.17, 15) is 18.0 Å². The summed E-state index contributed by atoms with van der Waals surface area (Å²) >= 11 is 0. The fraction of sp³-hybridized carbons (Fsp3) is 0.300. The molecule has 0 aliphatic carbocycles. The lowest BCUT2D eigenvalue weighted by Gasteiger charge is -2.16. The van der Waals surface area contributed by atoms with Crippen molar-refractivity contribution in [2.75, 3.05) is 5.32 Å². The van der Waals surface area contributed by atoms with Gasteiger partial charge in [-0.15, -0.1) is 0 Å². The number of hydrogen-bond donors (Lipinski definition) is 2. The highest BCUT2D eigenvalue weighted by atomic mass is 19.4. The summed E-state index contributed by atoms with van der Waals surface area (Å²) in [4.78, 5) is 10.5. The van der Waals surface area contributed by atoms with Crippen LogP contribution in [-0.4, -0.2) is 17.1 Å². The summed E-state index contributed by atoms with van der Waals surface area (Å²) in [5, 5.41) is 10.9. The standard InChI is InChI=1S/C10H10F3NO2/c1-6(9(15)16)14-8-5-3-2-4-7(8)10(11,12)13/h2-6,14H,1H3,(H,15,16)/t6-/m0/s1. The van der Waals surface area contributed by atoms with Crippen molar-refractivity contribution >= 4 is 11.7 Å². The number of carboxylic acids is 1. The maximum atomic E-state index is 12.5. The number of benzene rings is 1. The van der Waals surface area contributed by atoms with Gasteiger partial charge in [0.05, 0.1) is 5.56 Å². The van der Waals surface area contributed by atoms with E-state index in [1.165, 1.54) is 25.1 Å². The summed E-state index contributed by atoms with van der Waals surface area (Å²) in [5.74, 6) is -1.21. The average molecular weight is 233 g/mol. The van der Waals surface area contributed by atoms with Gasteiger partial charge < -0.3 is 10.4 Å². The van der Waals surface area contributed by atoms with Crippen LogP contribution in [-0.2, 0) is 11.0 Å². The van der Waals surface area contributed by atoms with Crippen LogP contribution in [0.4, 0.5) is 18.9 Å². The minimum atomic E-state index is -4.50. The lowest BCUT2D eigenvalue weighted by atomic mass is 10.1. The van der Waals surface area contributed by atoms with Crippen molar-refractivity contribution < 1.29 is 23.1 Å². The Labute approximate surface area is 89.9 Å². The van der Waals surface area contributed by atoms with Crippen LogP contribution in [0.2, 0.25) is 0 Å². The zero-order valence-electron chi connectivity index (χ0n) is 8.38. The maximum absolute atomic E-state index is 12.5. The molecule has 6 heteroatoms. The van der Waals surface area contributed by atoms with Crippen LogP contribution in [0.15, 0.2) is 24.3 Å². The molecule has 2 N–H and O–H groups in total. The molecule has 1 aromatic carbocycles. The molecule has 1 aromatic rings. The second-order valence-corrected chi connectivity index (χ2v) is 3.25. The molecule has 0 unspecified atom stereocenters. The highest BCUT2D eigenvalue weighted by molar-refractivity contribution is 5.77. The largest absolute Gasteiger partial charge is 0.480 e. The van der Waals surface area contributed by atoms with E-state index >= 15 is 0 Å². The van der Waals surface area contributed by atoms with Gasteiger partial charge in [0.2, 0.25) is 0 Å². The number of para-hydroxylation sites is 1. The molecule has 3 nitrogen and oxygen atoms in total. The molecule has 0 radical (unpaired) electrons. The second kappa shape index (κ2) is 4.42. The molecule has 0 spiro atoms. The Morgan fingerprint density at radius 2 is 1.94 bits per heavy atom. The second-order valence-electron chi connectivity index (χ2n) is 3.25. The zero-order valence-corrected chi connectivity index (χ0v) is 8.38. The predicted octanol–water partition coefficient (Wildman–Crippen LogP) is 2.59. The van der Waals surface area contributed by atoms with E-state index in [2.05, 4.69) is 5.32 Å². The highest BCUT2D eigenvalue weighted by Crippen LogP contribution is 2.34. The van der Waals surface area contributed by atoms with E-state index in [4.69, 9.17) is 5.11 Å². The van der Waals surface area contributed by atoms with Crippen molar-refractivity contribution in [2.24, 2.45) is 0 Å². The first-order chi connectivity index (χ1) is 7.32. The molecule has 0 amide bonds. The van der Waals surface area contributed by atoms with Gasteiger partial charge in [0, 0.05) is 5.69 Å². The van der Waals surface area contributed by atoms with Crippen LogP contribution in [0.25, 0.3) is 0 Å². The van der Waals surface area contributed by atoms with Gasteiger partial charge in [0.15, 0.2) is 0 Å². The Morgan fingerprint density at radius 3 is 2.44 bits per heavy atom. The summed E-state index contributed by atoms with van der Waals surface area (Å²) in [6, 6.07) is 3.67. The third kappa shape index (κ3) is 2.88. The number of carboxylic acid groups (broad SMARTS) is 1. The van der Waals surface area contributed by atoms with Crippen molar-refractivity contribution in [3.63, 3.8) is 0 Å². The van der Waals surface area contributed by atoms with Gasteiger partial charge in [-0.1, -0.05) is 12.1 Å². The van der Waals surface area contributed by atoms with Crippen LogP contribution in [0, 0.1) is 0 Å². The number of alkyl halides is 3. The number of aliphatic carboxylic acids is 1. The summed E-state index contributed by atoms with van der Waals surface area (Å²) in [6.07, 6.45) is -4.50. The zero-order chi connectivity index (χ0) is 12.3. The van der Waals surface area contributed by atoms with Gasteiger partial charge in [-0.3, -0.25) is 4.79 Å². The molecular formula is C10H10F3NO2. The van der Waals surface area contributed by atoms with Gasteiger partial charge in [0.1, 0.15) is 6.04 Å². The summed E-state index contributed by atoms with van der Waals surface area (Å²) in [7, 11) is 0. The SMILES string of the molecule is C[C@H](Nc1ccccc1C(F)(F)F)C(=O)O. The third-order valence-corrected chi connectivity index (χ3v) is 1.97. The molecular weight excluding hydrogens is 223 g/mol. The Bertz CT molecular complexity index is 390. The van der Waals surface area contributed by atoms with Crippen LogP contribution in [0.5, 0.6) is 0 Å². The molecule has 0 aromatic heterocycles. The molecule has 0 aliphatic heterocycles. The minimum Gasteiger partial charge on any atom is -0.480 e. The van der Waals surface area contributed by atoms with E-state index in [0.29, 0.717) is 0 Å². The van der Waals surface area contributed by atoms with Crippen molar-refractivity contribution in [3.05, 3.63) is 29.8 Å². The first-order valence-electron chi connectivity index (χ1n) is 4.48. The van der Waals surface area contributed by atoms with E-state index in [1.54, 1.807) is 0 Å². The van der Waals surface area contributed by atoms with E-state index in [1.807, 2.05) is 0 Å². The lowest BCUT2D eigenvalue weighted by Crippen LogP contribution is -2.26. The first-order valence-corrected chi connectivity index (χ1v) is 4.48. The number of nitrogens with one attached hydrogen (secondary N) is 1. The predicted molar refractivity (Wildman–Crippen MR) is 52.2 cm³/mol. The molecule has 0 aliphatic rings. The Kier molecular flexibility index (Phi) is 3.41. The topological polar surface area (TPSA) is 49.3 Å². The van der Waals surface area contributed by atoms with Crippen LogP contribution < -0.4 is 5.32 Å². The molecule has 1 atom stereocenters. The van der Waals surface area contributed by atoms with E-state index in [-0.39, 0.29) is 5.69 Å². The molecule has 0 heterocycles. The van der Waals surface area contributed by atoms with Crippen molar-refractivity contribution in [3.8, 4) is 0 Å². The number of anilines is 1. The van der Waals surface area contributed by atoms with Crippen molar-refractivity contribution in [1.29, 1.82) is 0 Å². The van der Waals surface area contributed by atoms with Crippen LogP contribution in [0.3, 0.4) is 0 Å². The Morgan fingerprint density at radius 1 is 1.38 bits per heavy atom. The monoisotopic (exact) mass is 233 g/mol. The Balaban J connectivity index is 3.01. The van der Waals surface area contributed by atoms with E-state index in [0.717, 1.165) is 6.07 Å². The number of hydrogen-bond acceptors (Lipinski definition) is 2. The van der Waals surface area contributed by atoms with E-state index < -0.39 is 23.8 Å². The maximum Gasteiger partial charge on any atom is 0.418 e. The fourth-order valence-corrected chi connectivity index (χ4v) is 1.15. The normalized spacial score (nSPS) is 13.2. The van der Waals surface area contributed by atoms with Crippen molar-refractivity contribution in [2.45, 2.75) is 19.1 Å². The molecule has 0 fully saturated rings. The van der Waals surface area contributed by atoms with Crippen LogP contribution >= 0.6 is 0 Å². The number of halogens is 3. The molecule has 16 heavy (non-hydrogen) atoms. The fourth-order valence-electron chi connectivity index (χ4n) is 1.15. The molecule has 1 rings (SSSR count). The highest BCUT2D eigenvalue weighted by Gasteiger charge is 2.33. The van der Waals surface area contributed by atoms with Gasteiger partial charge in [-0.2, -0.15) is 13.2 Å². The summed E-state index contributed by atoms with van der Waals surface area (Å²) in [5.41, 5.74) is -1.10. The van der Waals surface area contributed by atoms with Gasteiger partial charge >= 0.3 is 12.1 Å². The lowest BCUT2D eigenvalue weighted by molar-refractivity contribution is -0.139. The van der Waals surface area contributed by atoms with Crippen molar-refractivity contribution in [1.82, 2.24) is 0 Å². The molecule has 0 saturated carbocycles. The molecule has 0 bridgehead atoms. The molecule has 0 saturated heterocycles.